The van der Waals surface area contributed by atoms with Gasteiger partial charge >= 0.3 is 0 Å². The maximum absolute atomic E-state index is 12.4. The molecule has 8 heteroatoms. The topological polar surface area (TPSA) is 92.3 Å². The van der Waals surface area contributed by atoms with Gasteiger partial charge in [-0.15, -0.1) is 0 Å². The summed E-state index contributed by atoms with van der Waals surface area (Å²) in [6.45, 7) is 6.40. The predicted molar refractivity (Wildman–Crippen MR) is 121 cm³/mol. The number of ether oxygens (including phenoxy) is 1. The molecule has 2 aromatic heterocycles. The molecular weight excluding hydrogens is 392 g/mol. The van der Waals surface area contributed by atoms with E-state index in [0.29, 0.717) is 23.7 Å². The van der Waals surface area contributed by atoms with Gasteiger partial charge in [-0.3, -0.25) is 4.79 Å². The minimum atomic E-state index is -0.224. The Morgan fingerprint density at radius 3 is 2.48 bits per heavy atom. The Kier molecular flexibility index (Phi) is 6.26. The Hall–Kier alpha value is -3.68. The number of aromatic nitrogens is 3. The van der Waals surface area contributed by atoms with Gasteiger partial charge in [-0.2, -0.15) is 0 Å². The number of benzene rings is 1. The first-order valence-electron chi connectivity index (χ1n) is 10.5. The molecule has 3 aromatic rings. The molecule has 1 aromatic carbocycles. The van der Waals surface area contributed by atoms with Crippen molar-refractivity contribution in [2.75, 3.05) is 35.2 Å². The van der Waals surface area contributed by atoms with Crippen LogP contribution in [0.5, 0.6) is 5.88 Å². The summed E-state index contributed by atoms with van der Waals surface area (Å²) in [7, 11) is 0. The number of anilines is 4. The summed E-state index contributed by atoms with van der Waals surface area (Å²) >= 11 is 0. The highest BCUT2D eigenvalue weighted by Gasteiger charge is 2.15. The van der Waals surface area contributed by atoms with Crippen molar-refractivity contribution >= 4 is 28.9 Å². The molecule has 0 unspecified atom stereocenters. The monoisotopic (exact) mass is 418 g/mol. The van der Waals surface area contributed by atoms with E-state index in [1.165, 1.54) is 19.0 Å². The number of carbonyl (C=O) groups excluding carboxylic acids is 1. The summed E-state index contributed by atoms with van der Waals surface area (Å²) in [5.41, 5.74) is 2.05. The van der Waals surface area contributed by atoms with E-state index in [1.807, 2.05) is 44.2 Å². The lowest BCUT2D eigenvalue weighted by atomic mass is 10.2. The molecule has 160 valence electrons. The van der Waals surface area contributed by atoms with Gasteiger partial charge in [0.1, 0.15) is 17.5 Å². The van der Waals surface area contributed by atoms with E-state index in [0.717, 1.165) is 36.2 Å². The van der Waals surface area contributed by atoms with Gasteiger partial charge in [-0.25, -0.2) is 15.0 Å². The first kappa shape index (κ1) is 20.6. The van der Waals surface area contributed by atoms with Gasteiger partial charge in [0.25, 0.3) is 5.91 Å². The van der Waals surface area contributed by atoms with Crippen molar-refractivity contribution < 1.29 is 9.53 Å². The molecule has 8 nitrogen and oxygen atoms in total. The molecule has 1 saturated heterocycles. The van der Waals surface area contributed by atoms with Crippen LogP contribution in [0, 0.1) is 6.92 Å². The van der Waals surface area contributed by atoms with E-state index in [-0.39, 0.29) is 5.91 Å². The molecule has 0 saturated carbocycles. The molecule has 4 rings (SSSR count). The Morgan fingerprint density at radius 1 is 1.06 bits per heavy atom. The standard InChI is InChI=1S/C23H26N6O2/c1-3-31-22-11-6-17(15-24-22)23(30)28-19-9-7-18(8-10-19)27-20-14-21(26-16(2)25-20)29-12-4-5-13-29/h6-11,14-15H,3-5,12-13H2,1-2H3,(H,28,30)(H,25,26,27). The Balaban J connectivity index is 1.39. The van der Waals surface area contributed by atoms with Crippen LogP contribution in [0.1, 0.15) is 35.9 Å². The van der Waals surface area contributed by atoms with E-state index in [9.17, 15) is 4.79 Å². The highest BCUT2D eigenvalue weighted by molar-refractivity contribution is 6.04. The van der Waals surface area contributed by atoms with Crippen molar-refractivity contribution in [2.24, 2.45) is 0 Å². The predicted octanol–water partition coefficient (Wildman–Crippen LogP) is 4.17. The summed E-state index contributed by atoms with van der Waals surface area (Å²) < 4.78 is 5.30. The fourth-order valence-corrected chi connectivity index (χ4v) is 3.46. The van der Waals surface area contributed by atoms with Crippen molar-refractivity contribution in [2.45, 2.75) is 26.7 Å². The summed E-state index contributed by atoms with van der Waals surface area (Å²) in [6.07, 6.45) is 3.91. The summed E-state index contributed by atoms with van der Waals surface area (Å²) in [5.74, 6) is 2.73. The molecule has 3 heterocycles. The van der Waals surface area contributed by atoms with Crippen LogP contribution in [0.2, 0.25) is 0 Å². The summed E-state index contributed by atoms with van der Waals surface area (Å²) in [5, 5.41) is 6.20. The molecule has 0 atom stereocenters. The van der Waals surface area contributed by atoms with Gasteiger partial charge < -0.3 is 20.3 Å². The number of hydrogen-bond donors (Lipinski definition) is 2. The molecule has 1 amide bonds. The number of pyridine rings is 1. The zero-order valence-electron chi connectivity index (χ0n) is 17.8. The average Bonchev–Trinajstić information content (AvgIpc) is 3.31. The van der Waals surface area contributed by atoms with Crippen LogP contribution in [0.15, 0.2) is 48.7 Å². The van der Waals surface area contributed by atoms with Crippen molar-refractivity contribution in [1.82, 2.24) is 15.0 Å². The minimum Gasteiger partial charge on any atom is -0.478 e. The zero-order chi connectivity index (χ0) is 21.6. The number of nitrogens with zero attached hydrogens (tertiary/aromatic N) is 4. The van der Waals surface area contributed by atoms with Crippen LogP contribution >= 0.6 is 0 Å². The summed E-state index contributed by atoms with van der Waals surface area (Å²) in [4.78, 5) is 27.9. The maximum atomic E-state index is 12.4. The molecular formula is C23H26N6O2. The lowest BCUT2D eigenvalue weighted by Crippen LogP contribution is -2.19. The third-order valence-electron chi connectivity index (χ3n) is 4.96. The van der Waals surface area contributed by atoms with Crippen LogP contribution in [0.4, 0.5) is 23.0 Å². The second-order valence-corrected chi connectivity index (χ2v) is 7.33. The smallest absolute Gasteiger partial charge is 0.257 e. The fraction of sp³-hybridized carbons (Fsp3) is 0.304. The molecule has 0 bridgehead atoms. The molecule has 0 radical (unpaired) electrons. The molecule has 0 spiro atoms. The number of amides is 1. The van der Waals surface area contributed by atoms with Crippen LogP contribution in [0.3, 0.4) is 0 Å². The largest absolute Gasteiger partial charge is 0.478 e. The molecule has 0 aliphatic carbocycles. The van der Waals surface area contributed by atoms with Gasteiger partial charge in [-0.05, 0) is 57.0 Å². The third kappa shape index (κ3) is 5.28. The zero-order valence-corrected chi connectivity index (χ0v) is 17.8. The number of carbonyl (C=O) groups is 1. The molecule has 1 fully saturated rings. The Morgan fingerprint density at radius 2 is 1.81 bits per heavy atom. The fourth-order valence-electron chi connectivity index (χ4n) is 3.46. The number of rotatable bonds is 7. The molecule has 31 heavy (non-hydrogen) atoms. The second-order valence-electron chi connectivity index (χ2n) is 7.33. The SMILES string of the molecule is CCOc1ccc(C(=O)Nc2ccc(Nc3cc(N4CCCC4)nc(C)n3)cc2)cn1. The Bertz CT molecular complexity index is 1030. The lowest BCUT2D eigenvalue weighted by molar-refractivity contribution is 0.102. The first-order valence-corrected chi connectivity index (χ1v) is 10.5. The van der Waals surface area contributed by atoms with Crippen molar-refractivity contribution in [3.8, 4) is 5.88 Å². The quantitative estimate of drug-likeness (QED) is 0.595. The van der Waals surface area contributed by atoms with Crippen LogP contribution < -0.4 is 20.3 Å². The normalized spacial score (nSPS) is 13.2. The van der Waals surface area contributed by atoms with Crippen molar-refractivity contribution in [3.63, 3.8) is 0 Å². The van der Waals surface area contributed by atoms with Crippen molar-refractivity contribution in [3.05, 3.63) is 60.0 Å². The number of hydrogen-bond acceptors (Lipinski definition) is 7. The minimum absolute atomic E-state index is 0.224. The first-order chi connectivity index (χ1) is 15.1. The average molecular weight is 419 g/mol. The maximum Gasteiger partial charge on any atom is 0.257 e. The van der Waals surface area contributed by atoms with E-state index in [4.69, 9.17) is 4.74 Å². The van der Waals surface area contributed by atoms with Crippen LogP contribution in [-0.4, -0.2) is 40.6 Å². The van der Waals surface area contributed by atoms with Gasteiger partial charge in [0.05, 0.1) is 12.2 Å². The molecule has 1 aliphatic heterocycles. The van der Waals surface area contributed by atoms with Gasteiger partial charge in [0.2, 0.25) is 5.88 Å². The van der Waals surface area contributed by atoms with Gasteiger partial charge in [0, 0.05) is 42.8 Å². The molecule has 1 aliphatic rings. The highest BCUT2D eigenvalue weighted by Crippen LogP contribution is 2.23. The lowest BCUT2D eigenvalue weighted by Gasteiger charge is -2.18. The number of aryl methyl sites for hydroxylation is 1. The highest BCUT2D eigenvalue weighted by atomic mass is 16.5. The van der Waals surface area contributed by atoms with Gasteiger partial charge in [-0.1, -0.05) is 0 Å². The summed E-state index contributed by atoms with van der Waals surface area (Å²) in [6, 6.07) is 12.9. The van der Waals surface area contributed by atoms with Crippen LogP contribution in [0.25, 0.3) is 0 Å². The number of nitrogens with one attached hydrogen (secondary N) is 2. The second kappa shape index (κ2) is 9.42. The van der Waals surface area contributed by atoms with E-state index >= 15 is 0 Å². The Labute approximate surface area is 181 Å². The van der Waals surface area contributed by atoms with E-state index < -0.39 is 0 Å². The third-order valence-corrected chi connectivity index (χ3v) is 4.96. The van der Waals surface area contributed by atoms with Gasteiger partial charge in [0.15, 0.2) is 0 Å². The van der Waals surface area contributed by atoms with Crippen LogP contribution in [-0.2, 0) is 0 Å². The van der Waals surface area contributed by atoms with E-state index in [2.05, 4.69) is 30.5 Å². The van der Waals surface area contributed by atoms with Crippen molar-refractivity contribution in [1.29, 1.82) is 0 Å². The van der Waals surface area contributed by atoms with E-state index in [1.54, 1.807) is 12.1 Å². The molecule has 2 N–H and O–H groups in total.